The van der Waals surface area contributed by atoms with Gasteiger partial charge in [0.25, 0.3) is 11.6 Å². The molecule has 0 radical (unpaired) electrons. The minimum Gasteiger partial charge on any atom is -0.267 e. The van der Waals surface area contributed by atoms with E-state index in [-0.39, 0.29) is 21.2 Å². The number of sulfonamides is 1. The summed E-state index contributed by atoms with van der Waals surface area (Å²) in [5, 5.41) is 14.7. The molecule has 0 spiro atoms. The third-order valence-electron chi connectivity index (χ3n) is 4.35. The fraction of sp³-hybridized carbons (Fsp3) is 0.222. The van der Waals surface area contributed by atoms with Crippen molar-refractivity contribution in [1.29, 1.82) is 0 Å². The number of nitrogens with zero attached hydrogens (tertiary/aromatic N) is 3. The Morgan fingerprint density at radius 3 is 2.62 bits per heavy atom. The van der Waals surface area contributed by atoms with E-state index in [0.717, 1.165) is 12.8 Å². The van der Waals surface area contributed by atoms with Crippen LogP contribution in [0.2, 0.25) is 5.02 Å². The van der Waals surface area contributed by atoms with Gasteiger partial charge in [-0.05, 0) is 37.1 Å². The fourth-order valence-corrected chi connectivity index (χ4v) is 4.61. The molecule has 1 aliphatic heterocycles. The molecule has 1 aliphatic rings. The first-order valence-electron chi connectivity index (χ1n) is 8.66. The van der Waals surface area contributed by atoms with Gasteiger partial charge >= 0.3 is 0 Å². The number of nitro benzene ring substituents is 1. The molecular weight excluding hydrogens is 420 g/mol. The van der Waals surface area contributed by atoms with Crippen LogP contribution in [-0.2, 0) is 10.0 Å². The summed E-state index contributed by atoms with van der Waals surface area (Å²) in [6.45, 7) is 0.937. The molecule has 1 saturated heterocycles. The number of nitrogens with one attached hydrogen (secondary N) is 1. The summed E-state index contributed by atoms with van der Waals surface area (Å²) in [4.78, 5) is 22.6. The van der Waals surface area contributed by atoms with Crippen LogP contribution in [0.25, 0.3) is 0 Å². The van der Waals surface area contributed by atoms with Crippen molar-refractivity contribution >= 4 is 39.4 Å². The number of benzene rings is 2. The van der Waals surface area contributed by atoms with E-state index in [9.17, 15) is 23.3 Å². The Labute approximate surface area is 172 Å². The standard InChI is InChI=1S/C18H17ClN4O5S/c19-16-7-6-13(10-17(16)23(25)26)12-20-21-18(24)14-4-3-5-15(11-14)29(27,28)22-8-1-2-9-22/h3-7,10-12H,1-2,8-9H2,(H,21,24)/b20-12-. The minimum atomic E-state index is -3.64. The molecule has 1 fully saturated rings. The van der Waals surface area contributed by atoms with E-state index < -0.39 is 20.9 Å². The third-order valence-corrected chi connectivity index (χ3v) is 6.56. The van der Waals surface area contributed by atoms with Gasteiger partial charge in [-0.15, -0.1) is 0 Å². The number of hydrazone groups is 1. The molecule has 0 aliphatic carbocycles. The maximum absolute atomic E-state index is 12.6. The average molecular weight is 437 g/mol. The van der Waals surface area contributed by atoms with Crippen molar-refractivity contribution in [3.8, 4) is 0 Å². The van der Waals surface area contributed by atoms with Crippen LogP contribution in [0.15, 0.2) is 52.5 Å². The zero-order valence-electron chi connectivity index (χ0n) is 15.1. The fourth-order valence-electron chi connectivity index (χ4n) is 2.86. The largest absolute Gasteiger partial charge is 0.288 e. The zero-order valence-corrected chi connectivity index (χ0v) is 16.7. The normalized spacial score (nSPS) is 14.9. The number of amides is 1. The van der Waals surface area contributed by atoms with Gasteiger partial charge in [0, 0.05) is 30.3 Å². The molecule has 0 saturated carbocycles. The second-order valence-electron chi connectivity index (χ2n) is 6.31. The summed E-state index contributed by atoms with van der Waals surface area (Å²) in [6.07, 6.45) is 2.86. The van der Waals surface area contributed by atoms with Crippen molar-refractivity contribution in [2.45, 2.75) is 17.7 Å². The summed E-state index contributed by atoms with van der Waals surface area (Å²) < 4.78 is 26.6. The van der Waals surface area contributed by atoms with E-state index >= 15 is 0 Å². The van der Waals surface area contributed by atoms with Crippen LogP contribution in [-0.4, -0.2) is 42.9 Å². The van der Waals surface area contributed by atoms with Crippen molar-refractivity contribution < 1.29 is 18.1 Å². The van der Waals surface area contributed by atoms with Crippen molar-refractivity contribution in [2.75, 3.05) is 13.1 Å². The second-order valence-corrected chi connectivity index (χ2v) is 8.65. The Morgan fingerprint density at radius 1 is 1.21 bits per heavy atom. The van der Waals surface area contributed by atoms with Crippen LogP contribution >= 0.6 is 11.6 Å². The summed E-state index contributed by atoms with van der Waals surface area (Å²) in [6, 6.07) is 9.79. The molecule has 0 aromatic heterocycles. The highest BCUT2D eigenvalue weighted by molar-refractivity contribution is 7.89. The highest BCUT2D eigenvalue weighted by Gasteiger charge is 2.27. The highest BCUT2D eigenvalue weighted by atomic mass is 35.5. The maximum atomic E-state index is 12.6. The molecule has 1 N–H and O–H groups in total. The van der Waals surface area contributed by atoms with Crippen molar-refractivity contribution in [2.24, 2.45) is 5.10 Å². The van der Waals surface area contributed by atoms with Gasteiger partial charge in [0.1, 0.15) is 5.02 Å². The van der Waals surface area contributed by atoms with Crippen molar-refractivity contribution in [3.05, 3.63) is 68.7 Å². The molecule has 3 rings (SSSR count). The topological polar surface area (TPSA) is 122 Å². The third kappa shape index (κ3) is 4.78. The molecule has 29 heavy (non-hydrogen) atoms. The van der Waals surface area contributed by atoms with Gasteiger partial charge in [-0.1, -0.05) is 23.7 Å². The van der Waals surface area contributed by atoms with Gasteiger partial charge in [0.05, 0.1) is 16.0 Å². The predicted molar refractivity (Wildman–Crippen MR) is 108 cm³/mol. The average Bonchev–Trinajstić information content (AvgIpc) is 3.25. The number of rotatable bonds is 6. The summed E-state index contributed by atoms with van der Waals surface area (Å²) in [5.41, 5.74) is 2.50. The van der Waals surface area contributed by atoms with Crippen molar-refractivity contribution in [1.82, 2.24) is 9.73 Å². The van der Waals surface area contributed by atoms with Gasteiger partial charge in [0.15, 0.2) is 0 Å². The lowest BCUT2D eigenvalue weighted by molar-refractivity contribution is -0.384. The Kier molecular flexibility index (Phi) is 6.26. The first-order valence-corrected chi connectivity index (χ1v) is 10.5. The zero-order chi connectivity index (χ0) is 21.0. The van der Waals surface area contributed by atoms with Gasteiger partial charge in [0.2, 0.25) is 10.0 Å². The molecular formula is C18H17ClN4O5S. The minimum absolute atomic E-state index is 0.00721. The lowest BCUT2D eigenvalue weighted by Crippen LogP contribution is -2.28. The monoisotopic (exact) mass is 436 g/mol. The van der Waals surface area contributed by atoms with Crippen LogP contribution in [0.4, 0.5) is 5.69 Å². The molecule has 2 aromatic carbocycles. The first-order chi connectivity index (χ1) is 13.8. The van der Waals surface area contributed by atoms with Crippen LogP contribution in [0.5, 0.6) is 0 Å². The lowest BCUT2D eigenvalue weighted by Gasteiger charge is -2.15. The van der Waals surface area contributed by atoms with E-state index in [4.69, 9.17) is 11.6 Å². The van der Waals surface area contributed by atoms with Gasteiger partial charge in [-0.2, -0.15) is 9.41 Å². The molecule has 0 atom stereocenters. The van der Waals surface area contributed by atoms with Crippen LogP contribution in [0.3, 0.4) is 0 Å². The molecule has 1 heterocycles. The van der Waals surface area contributed by atoms with E-state index in [2.05, 4.69) is 10.5 Å². The number of hydrogen-bond acceptors (Lipinski definition) is 6. The molecule has 9 nitrogen and oxygen atoms in total. The number of nitro groups is 1. The Hall–Kier alpha value is -2.82. The van der Waals surface area contributed by atoms with Crippen LogP contribution in [0.1, 0.15) is 28.8 Å². The molecule has 0 unspecified atom stereocenters. The summed E-state index contributed by atoms with van der Waals surface area (Å²) in [7, 11) is -3.64. The Balaban J connectivity index is 1.72. The first kappa shape index (κ1) is 20.9. The smallest absolute Gasteiger partial charge is 0.267 e. The number of hydrogen-bond donors (Lipinski definition) is 1. The number of halogens is 1. The Bertz CT molecular complexity index is 1080. The number of carbonyl (C=O) groups excluding carboxylic acids is 1. The van der Waals surface area contributed by atoms with E-state index in [1.54, 1.807) is 0 Å². The van der Waals surface area contributed by atoms with Gasteiger partial charge < -0.3 is 0 Å². The van der Waals surface area contributed by atoms with Crippen molar-refractivity contribution in [3.63, 3.8) is 0 Å². The van der Waals surface area contributed by atoms with Crippen LogP contribution < -0.4 is 5.43 Å². The quantitative estimate of drug-likeness (QED) is 0.424. The Morgan fingerprint density at radius 2 is 1.93 bits per heavy atom. The van der Waals surface area contributed by atoms with Gasteiger partial charge in [-0.25, -0.2) is 13.8 Å². The summed E-state index contributed by atoms with van der Waals surface area (Å²) in [5.74, 6) is -0.608. The van der Waals surface area contributed by atoms with E-state index in [1.165, 1.54) is 53.0 Å². The molecule has 152 valence electrons. The molecule has 11 heteroatoms. The van der Waals surface area contributed by atoms with Crippen LogP contribution in [0, 0.1) is 10.1 Å². The molecule has 1 amide bonds. The van der Waals surface area contributed by atoms with E-state index in [0.29, 0.717) is 18.7 Å². The SMILES string of the molecule is O=C(N/N=C\c1ccc(Cl)c([N+](=O)[O-])c1)c1cccc(S(=O)(=O)N2CCCC2)c1. The maximum Gasteiger partial charge on any atom is 0.288 e. The molecule has 2 aromatic rings. The highest BCUT2D eigenvalue weighted by Crippen LogP contribution is 2.24. The molecule has 0 bridgehead atoms. The number of carbonyl (C=O) groups is 1. The van der Waals surface area contributed by atoms with Gasteiger partial charge in [-0.3, -0.25) is 14.9 Å². The lowest BCUT2D eigenvalue weighted by atomic mass is 10.2. The predicted octanol–water partition coefficient (Wildman–Crippen LogP) is 2.80. The van der Waals surface area contributed by atoms with E-state index in [1.807, 2.05) is 0 Å². The summed E-state index contributed by atoms with van der Waals surface area (Å²) >= 11 is 5.75. The second kappa shape index (κ2) is 8.68.